The monoisotopic (exact) mass is 1000 g/mol. The molecule has 422 valence electrons. The van der Waals surface area contributed by atoms with Gasteiger partial charge in [-0.25, -0.2) is 0 Å². The lowest BCUT2D eigenvalue weighted by atomic mass is 10.0. The molecule has 0 radical (unpaired) electrons. The summed E-state index contributed by atoms with van der Waals surface area (Å²) >= 11 is 0. The van der Waals surface area contributed by atoms with Crippen LogP contribution in [0.15, 0.2) is 12.2 Å². The zero-order chi connectivity index (χ0) is 51.4. The minimum absolute atomic E-state index is 0.0201. The number of esters is 1. The molecule has 0 spiro atoms. The van der Waals surface area contributed by atoms with Crippen molar-refractivity contribution in [1.82, 2.24) is 5.32 Å². The number of carbonyl (C=O) groups is 2. The van der Waals surface area contributed by atoms with E-state index in [9.17, 15) is 19.8 Å². The summed E-state index contributed by atoms with van der Waals surface area (Å²) in [5, 5.41) is 23.1. The highest BCUT2D eigenvalue weighted by Crippen LogP contribution is 2.18. The number of carbonyl (C=O) groups excluding carboxylic acids is 2. The predicted octanol–water partition coefficient (Wildman–Crippen LogP) is 20.4. The normalized spacial score (nSPS) is 12.6. The summed E-state index contributed by atoms with van der Waals surface area (Å²) < 4.78 is 5.50. The standard InChI is InChI=1S/C65H127NO5/c1-3-5-7-9-11-13-15-17-18-31-35-39-43-47-51-55-59-65(70)71-60-56-52-48-44-40-36-32-29-27-25-23-21-19-20-22-24-26-28-30-34-38-42-46-50-54-58-64(69)66-62(61-67)63(68)57-53-49-45-41-37-33-16-14-12-10-8-6-4-2/h53,57,62-63,67-68H,3-52,54-56,58-61H2,1-2H3,(H,66,69)/b57-53+. The number of allylic oxidation sites excluding steroid dienone is 1. The molecule has 0 fully saturated rings. The summed E-state index contributed by atoms with van der Waals surface area (Å²) in [4.78, 5) is 24.5. The summed E-state index contributed by atoms with van der Waals surface area (Å²) in [6, 6.07) is -0.625. The van der Waals surface area contributed by atoms with E-state index in [1.54, 1.807) is 6.08 Å². The maximum atomic E-state index is 12.5. The Morgan fingerprint density at radius 2 is 0.648 bits per heavy atom. The van der Waals surface area contributed by atoms with Gasteiger partial charge < -0.3 is 20.3 Å². The Balaban J connectivity index is 3.34. The third-order valence-electron chi connectivity index (χ3n) is 15.3. The van der Waals surface area contributed by atoms with Crippen molar-refractivity contribution in [3.05, 3.63) is 12.2 Å². The van der Waals surface area contributed by atoms with Gasteiger partial charge in [0.25, 0.3) is 0 Å². The van der Waals surface area contributed by atoms with Crippen LogP contribution in [0.2, 0.25) is 0 Å². The summed E-state index contributed by atoms with van der Waals surface area (Å²) in [5.41, 5.74) is 0. The van der Waals surface area contributed by atoms with Gasteiger partial charge in [0.15, 0.2) is 0 Å². The van der Waals surface area contributed by atoms with Crippen molar-refractivity contribution in [2.45, 2.75) is 379 Å². The lowest BCUT2D eigenvalue weighted by Gasteiger charge is -2.20. The maximum Gasteiger partial charge on any atom is 0.305 e. The first-order valence-corrected chi connectivity index (χ1v) is 32.5. The Morgan fingerprint density at radius 3 is 0.958 bits per heavy atom. The molecular weight excluding hydrogens is 875 g/mol. The molecular formula is C65H127NO5. The number of unbranched alkanes of at least 4 members (excludes halogenated alkanes) is 50. The second-order valence-corrected chi connectivity index (χ2v) is 22.5. The van der Waals surface area contributed by atoms with Gasteiger partial charge in [-0.05, 0) is 32.1 Å². The topological polar surface area (TPSA) is 95.9 Å². The zero-order valence-electron chi connectivity index (χ0n) is 48.2. The first-order chi connectivity index (χ1) is 35.0. The molecule has 0 saturated carbocycles. The minimum atomic E-state index is -0.841. The van der Waals surface area contributed by atoms with E-state index in [4.69, 9.17) is 4.74 Å². The zero-order valence-corrected chi connectivity index (χ0v) is 48.2. The first kappa shape index (κ1) is 69.6. The van der Waals surface area contributed by atoms with Crippen LogP contribution in [0.25, 0.3) is 0 Å². The Hall–Kier alpha value is -1.40. The maximum absolute atomic E-state index is 12.5. The first-order valence-electron chi connectivity index (χ1n) is 32.5. The highest BCUT2D eigenvalue weighted by Gasteiger charge is 2.18. The van der Waals surface area contributed by atoms with E-state index in [2.05, 4.69) is 19.2 Å². The molecule has 0 aliphatic heterocycles. The number of hydrogen-bond donors (Lipinski definition) is 3. The summed E-state index contributed by atoms with van der Waals surface area (Å²) in [7, 11) is 0. The molecule has 0 heterocycles. The van der Waals surface area contributed by atoms with Crippen LogP contribution in [0.4, 0.5) is 0 Å². The van der Waals surface area contributed by atoms with Crippen LogP contribution in [-0.4, -0.2) is 47.4 Å². The van der Waals surface area contributed by atoms with Crippen molar-refractivity contribution in [2.24, 2.45) is 0 Å². The molecule has 1 amide bonds. The number of hydrogen-bond acceptors (Lipinski definition) is 5. The highest BCUT2D eigenvalue weighted by molar-refractivity contribution is 5.76. The molecule has 3 N–H and O–H groups in total. The third kappa shape index (κ3) is 57.7. The van der Waals surface area contributed by atoms with Gasteiger partial charge in [-0.3, -0.25) is 9.59 Å². The van der Waals surface area contributed by atoms with Crippen LogP contribution in [0.3, 0.4) is 0 Å². The Kier molecular flexibility index (Phi) is 59.9. The van der Waals surface area contributed by atoms with Crippen molar-refractivity contribution in [2.75, 3.05) is 13.2 Å². The van der Waals surface area contributed by atoms with Crippen molar-refractivity contribution >= 4 is 11.9 Å². The molecule has 6 heteroatoms. The van der Waals surface area contributed by atoms with Crippen LogP contribution in [-0.2, 0) is 14.3 Å². The van der Waals surface area contributed by atoms with Crippen LogP contribution in [0.5, 0.6) is 0 Å². The summed E-state index contributed by atoms with van der Waals surface area (Å²) in [5.74, 6) is -0.0445. The molecule has 6 nitrogen and oxygen atoms in total. The number of aliphatic hydroxyl groups is 2. The largest absolute Gasteiger partial charge is 0.466 e. The van der Waals surface area contributed by atoms with Gasteiger partial charge in [0.05, 0.1) is 25.4 Å². The molecule has 0 aliphatic carbocycles. The van der Waals surface area contributed by atoms with Gasteiger partial charge in [0.2, 0.25) is 5.91 Å². The van der Waals surface area contributed by atoms with Crippen molar-refractivity contribution < 1.29 is 24.5 Å². The molecule has 0 rings (SSSR count). The Labute approximate surface area is 444 Å². The van der Waals surface area contributed by atoms with E-state index in [1.165, 1.54) is 302 Å². The van der Waals surface area contributed by atoms with Gasteiger partial charge in [-0.1, -0.05) is 334 Å². The van der Waals surface area contributed by atoms with Gasteiger partial charge in [-0.15, -0.1) is 0 Å². The van der Waals surface area contributed by atoms with Crippen molar-refractivity contribution in [3.8, 4) is 0 Å². The van der Waals surface area contributed by atoms with Crippen molar-refractivity contribution in [1.29, 1.82) is 0 Å². The fraction of sp³-hybridized carbons (Fsp3) is 0.938. The van der Waals surface area contributed by atoms with Crippen LogP contribution < -0.4 is 5.32 Å². The van der Waals surface area contributed by atoms with Gasteiger partial charge in [-0.2, -0.15) is 0 Å². The van der Waals surface area contributed by atoms with E-state index in [1.807, 2.05) is 6.08 Å². The van der Waals surface area contributed by atoms with Gasteiger partial charge >= 0.3 is 5.97 Å². The average Bonchev–Trinajstić information content (AvgIpc) is 3.37. The molecule has 0 saturated heterocycles. The Morgan fingerprint density at radius 1 is 0.380 bits per heavy atom. The quantitative estimate of drug-likeness (QED) is 0.0320. The molecule has 71 heavy (non-hydrogen) atoms. The highest BCUT2D eigenvalue weighted by atomic mass is 16.5. The van der Waals surface area contributed by atoms with Crippen molar-refractivity contribution in [3.63, 3.8) is 0 Å². The van der Waals surface area contributed by atoms with E-state index < -0.39 is 12.1 Å². The second-order valence-electron chi connectivity index (χ2n) is 22.5. The molecule has 0 aromatic carbocycles. The number of nitrogens with one attached hydrogen (secondary N) is 1. The minimum Gasteiger partial charge on any atom is -0.466 e. The second kappa shape index (κ2) is 61.1. The Bertz CT molecular complexity index is 1060. The summed E-state index contributed by atoms with van der Waals surface area (Å²) in [6.07, 6.45) is 74.1. The van der Waals surface area contributed by atoms with E-state index in [-0.39, 0.29) is 18.5 Å². The number of amides is 1. The van der Waals surface area contributed by atoms with E-state index in [0.29, 0.717) is 19.4 Å². The number of aliphatic hydroxyl groups excluding tert-OH is 2. The third-order valence-corrected chi connectivity index (χ3v) is 15.3. The molecule has 2 atom stereocenters. The van der Waals surface area contributed by atoms with Gasteiger partial charge in [0, 0.05) is 12.8 Å². The predicted molar refractivity (Wildman–Crippen MR) is 310 cm³/mol. The molecule has 0 aliphatic rings. The number of ether oxygens (including phenoxy) is 1. The molecule has 0 bridgehead atoms. The molecule has 2 unspecified atom stereocenters. The number of rotatable bonds is 61. The fourth-order valence-corrected chi connectivity index (χ4v) is 10.3. The fourth-order valence-electron chi connectivity index (χ4n) is 10.3. The van der Waals surface area contributed by atoms with Gasteiger partial charge in [0.1, 0.15) is 0 Å². The van der Waals surface area contributed by atoms with E-state index >= 15 is 0 Å². The van der Waals surface area contributed by atoms with E-state index in [0.717, 1.165) is 38.5 Å². The smallest absolute Gasteiger partial charge is 0.305 e. The average molecular weight is 1000 g/mol. The molecule has 0 aromatic rings. The lowest BCUT2D eigenvalue weighted by Crippen LogP contribution is -2.45. The summed E-state index contributed by atoms with van der Waals surface area (Å²) in [6.45, 7) is 4.93. The van der Waals surface area contributed by atoms with Crippen LogP contribution in [0.1, 0.15) is 367 Å². The lowest BCUT2D eigenvalue weighted by molar-refractivity contribution is -0.143. The van der Waals surface area contributed by atoms with Crippen LogP contribution >= 0.6 is 0 Å². The van der Waals surface area contributed by atoms with Crippen LogP contribution in [0, 0.1) is 0 Å². The molecule has 0 aromatic heterocycles. The SMILES string of the molecule is CCCCCCCCCCCCC/C=C/C(O)C(CO)NC(=O)CCCCCCCCCCCCCCCCCCCCCCCCCCCOC(=O)CCCCCCCCCCCCCCCCCC.